The summed E-state index contributed by atoms with van der Waals surface area (Å²) in [6, 6.07) is 5.96. The van der Waals surface area contributed by atoms with Crippen molar-refractivity contribution in [2.75, 3.05) is 21.3 Å². The number of hydrogen-bond donors (Lipinski definition) is 2. The van der Waals surface area contributed by atoms with Crippen LogP contribution in [0.25, 0.3) is 0 Å². The summed E-state index contributed by atoms with van der Waals surface area (Å²) in [6.07, 6.45) is 0. The summed E-state index contributed by atoms with van der Waals surface area (Å²) in [5, 5.41) is 0. The van der Waals surface area contributed by atoms with Gasteiger partial charge in [-0.1, -0.05) is 0 Å². The van der Waals surface area contributed by atoms with Crippen molar-refractivity contribution >= 4 is 27.7 Å². The molecule has 2 aromatic rings. The normalized spacial score (nSPS) is 10.0. The topological polar surface area (TPSA) is 99.0 Å². The quantitative estimate of drug-likeness (QED) is 0.748. The van der Waals surface area contributed by atoms with Crippen LogP contribution in [0.1, 0.15) is 20.9 Å². The van der Waals surface area contributed by atoms with Gasteiger partial charge in [-0.3, -0.25) is 20.4 Å². The van der Waals surface area contributed by atoms with Crippen LogP contribution in [0.4, 0.5) is 0 Å². The van der Waals surface area contributed by atoms with E-state index < -0.39 is 11.8 Å². The van der Waals surface area contributed by atoms with Gasteiger partial charge < -0.3 is 18.6 Å². The Morgan fingerprint density at radius 1 is 0.958 bits per heavy atom. The van der Waals surface area contributed by atoms with Gasteiger partial charge in [-0.05, 0) is 40.2 Å². The Morgan fingerprint density at radius 2 is 1.54 bits per heavy atom. The number of benzene rings is 1. The molecular weight excluding hydrogens is 384 g/mol. The molecule has 2 rings (SSSR count). The van der Waals surface area contributed by atoms with Crippen molar-refractivity contribution in [3.8, 4) is 17.2 Å². The first kappa shape index (κ1) is 17.7. The first-order valence-corrected chi connectivity index (χ1v) is 7.45. The minimum absolute atomic E-state index is 0.0482. The molecule has 0 fully saturated rings. The third-order valence-corrected chi connectivity index (χ3v) is 3.44. The summed E-state index contributed by atoms with van der Waals surface area (Å²) in [7, 11) is 4.34. The lowest BCUT2D eigenvalue weighted by atomic mass is 10.1. The van der Waals surface area contributed by atoms with E-state index in [0.29, 0.717) is 21.9 Å². The summed E-state index contributed by atoms with van der Waals surface area (Å²) < 4.78 is 21.0. The molecule has 1 aromatic carbocycles. The maximum atomic E-state index is 12.2. The second-order valence-corrected chi connectivity index (χ2v) is 5.21. The monoisotopic (exact) mass is 398 g/mol. The maximum Gasteiger partial charge on any atom is 0.305 e. The first-order chi connectivity index (χ1) is 11.5. The van der Waals surface area contributed by atoms with E-state index in [-0.39, 0.29) is 11.3 Å². The summed E-state index contributed by atoms with van der Waals surface area (Å²) in [6.45, 7) is 0. The molecule has 0 aliphatic carbocycles. The Hall–Kier alpha value is -2.68. The second-order valence-electron chi connectivity index (χ2n) is 4.43. The van der Waals surface area contributed by atoms with Gasteiger partial charge in [-0.15, -0.1) is 0 Å². The molecule has 2 N–H and O–H groups in total. The zero-order chi connectivity index (χ0) is 17.7. The fourth-order valence-corrected chi connectivity index (χ4v) is 2.20. The molecule has 1 heterocycles. The Morgan fingerprint density at radius 3 is 2.00 bits per heavy atom. The van der Waals surface area contributed by atoms with E-state index in [0.717, 1.165) is 0 Å². The van der Waals surface area contributed by atoms with Gasteiger partial charge in [0.1, 0.15) is 0 Å². The highest BCUT2D eigenvalue weighted by molar-refractivity contribution is 9.10. The van der Waals surface area contributed by atoms with Crippen LogP contribution in [-0.2, 0) is 0 Å². The van der Waals surface area contributed by atoms with Gasteiger partial charge in [0.15, 0.2) is 21.9 Å². The van der Waals surface area contributed by atoms with Crippen LogP contribution in [-0.4, -0.2) is 33.1 Å². The molecule has 0 aliphatic rings. The molecule has 8 nitrogen and oxygen atoms in total. The predicted molar refractivity (Wildman–Crippen MR) is 87.4 cm³/mol. The molecule has 128 valence electrons. The van der Waals surface area contributed by atoms with Gasteiger partial charge in [0.05, 0.1) is 21.3 Å². The van der Waals surface area contributed by atoms with Crippen LogP contribution < -0.4 is 25.1 Å². The van der Waals surface area contributed by atoms with Crippen molar-refractivity contribution in [2.45, 2.75) is 0 Å². The maximum absolute atomic E-state index is 12.2. The largest absolute Gasteiger partial charge is 0.493 e. The highest BCUT2D eigenvalue weighted by Gasteiger charge is 2.18. The number of hydrazine groups is 1. The molecule has 1 aromatic heterocycles. The second kappa shape index (κ2) is 7.73. The Bertz CT molecular complexity index is 733. The standard InChI is InChI=1S/C15H15BrN2O6/c1-21-10-6-8(7-11(22-2)13(10)23-3)14(19)17-18-15(20)9-4-5-12(16)24-9/h4-7H,1-3H3,(H,17,19)(H,18,20). The van der Waals surface area contributed by atoms with Crippen molar-refractivity contribution in [1.82, 2.24) is 10.9 Å². The van der Waals surface area contributed by atoms with Crippen LogP contribution >= 0.6 is 15.9 Å². The average molecular weight is 399 g/mol. The molecule has 0 unspecified atom stereocenters. The van der Waals surface area contributed by atoms with Crippen molar-refractivity contribution < 1.29 is 28.2 Å². The molecule has 24 heavy (non-hydrogen) atoms. The number of carbonyl (C=O) groups is 2. The zero-order valence-corrected chi connectivity index (χ0v) is 14.7. The molecule has 0 saturated heterocycles. The van der Waals surface area contributed by atoms with Gasteiger partial charge in [0, 0.05) is 5.56 Å². The summed E-state index contributed by atoms with van der Waals surface area (Å²) in [5.74, 6) is -0.102. The van der Waals surface area contributed by atoms with Crippen molar-refractivity contribution in [3.63, 3.8) is 0 Å². The number of rotatable bonds is 5. The zero-order valence-electron chi connectivity index (χ0n) is 13.1. The summed E-state index contributed by atoms with van der Waals surface area (Å²) in [4.78, 5) is 24.0. The summed E-state index contributed by atoms with van der Waals surface area (Å²) >= 11 is 3.09. The van der Waals surface area contributed by atoms with Crippen LogP contribution in [0, 0.1) is 0 Å². The number of halogens is 1. The highest BCUT2D eigenvalue weighted by Crippen LogP contribution is 2.38. The van der Waals surface area contributed by atoms with E-state index in [4.69, 9.17) is 18.6 Å². The van der Waals surface area contributed by atoms with Gasteiger partial charge >= 0.3 is 5.91 Å². The number of carbonyl (C=O) groups excluding carboxylic acids is 2. The van der Waals surface area contributed by atoms with E-state index >= 15 is 0 Å². The molecule has 0 saturated carbocycles. The van der Waals surface area contributed by atoms with Gasteiger partial charge in [0.2, 0.25) is 5.75 Å². The van der Waals surface area contributed by atoms with Gasteiger partial charge in [-0.2, -0.15) is 0 Å². The van der Waals surface area contributed by atoms with E-state index in [2.05, 4.69) is 26.8 Å². The van der Waals surface area contributed by atoms with E-state index in [1.165, 1.54) is 39.5 Å². The lowest BCUT2D eigenvalue weighted by molar-refractivity contribution is 0.0830. The number of amides is 2. The number of methoxy groups -OCH3 is 3. The molecule has 0 aliphatic heterocycles. The SMILES string of the molecule is COc1cc(C(=O)NNC(=O)c2ccc(Br)o2)cc(OC)c1OC. The van der Waals surface area contributed by atoms with Crippen LogP contribution in [0.3, 0.4) is 0 Å². The molecule has 9 heteroatoms. The Kier molecular flexibility index (Phi) is 5.69. The number of ether oxygens (including phenoxy) is 3. The Labute approximate surface area is 146 Å². The number of hydrogen-bond acceptors (Lipinski definition) is 6. The van der Waals surface area contributed by atoms with Gasteiger partial charge in [0.25, 0.3) is 5.91 Å². The summed E-state index contributed by atoms with van der Waals surface area (Å²) in [5.41, 5.74) is 4.74. The smallest absolute Gasteiger partial charge is 0.305 e. The number of furan rings is 1. The lowest BCUT2D eigenvalue weighted by Gasteiger charge is -2.14. The molecular formula is C15H15BrN2O6. The van der Waals surface area contributed by atoms with Crippen LogP contribution in [0.2, 0.25) is 0 Å². The molecule has 2 amide bonds. The van der Waals surface area contributed by atoms with Crippen LogP contribution in [0.15, 0.2) is 33.4 Å². The molecule has 0 bridgehead atoms. The minimum atomic E-state index is -0.596. The Balaban J connectivity index is 2.13. The third kappa shape index (κ3) is 3.80. The fourth-order valence-electron chi connectivity index (χ4n) is 1.90. The fraction of sp³-hybridized carbons (Fsp3) is 0.200. The third-order valence-electron chi connectivity index (χ3n) is 3.01. The van der Waals surface area contributed by atoms with Crippen LogP contribution in [0.5, 0.6) is 17.2 Å². The molecule has 0 atom stereocenters. The average Bonchev–Trinajstić information content (AvgIpc) is 3.04. The lowest BCUT2D eigenvalue weighted by Crippen LogP contribution is -2.41. The number of nitrogens with one attached hydrogen (secondary N) is 2. The van der Waals surface area contributed by atoms with E-state index in [1.54, 1.807) is 6.07 Å². The van der Waals surface area contributed by atoms with Gasteiger partial charge in [-0.25, -0.2) is 0 Å². The predicted octanol–water partition coefficient (Wildman–Crippen LogP) is 2.14. The first-order valence-electron chi connectivity index (χ1n) is 6.66. The highest BCUT2D eigenvalue weighted by atomic mass is 79.9. The molecule has 0 radical (unpaired) electrons. The van der Waals surface area contributed by atoms with E-state index in [9.17, 15) is 9.59 Å². The van der Waals surface area contributed by atoms with Crippen molar-refractivity contribution in [2.24, 2.45) is 0 Å². The minimum Gasteiger partial charge on any atom is -0.493 e. The molecule has 0 spiro atoms. The van der Waals surface area contributed by atoms with Crippen molar-refractivity contribution in [1.29, 1.82) is 0 Å². The van der Waals surface area contributed by atoms with Crippen molar-refractivity contribution in [3.05, 3.63) is 40.3 Å². The van der Waals surface area contributed by atoms with E-state index in [1.807, 2.05) is 0 Å².